The van der Waals surface area contributed by atoms with Crippen LogP contribution in [0.3, 0.4) is 0 Å². The Kier molecular flexibility index (Phi) is 4.45. The fraction of sp³-hybridized carbons (Fsp3) is 0.154. The van der Waals surface area contributed by atoms with Gasteiger partial charge in [-0.05, 0) is 56.7 Å². The highest BCUT2D eigenvalue weighted by Gasteiger charge is 2.08. The summed E-state index contributed by atoms with van der Waals surface area (Å²) in [7, 11) is 3.87. The number of rotatable bonds is 3. The fourth-order valence-corrected chi connectivity index (χ4v) is 2.63. The first-order chi connectivity index (χ1) is 8.56. The first-order valence-corrected chi connectivity index (χ1v) is 7.20. The minimum Gasteiger partial charge on any atom is -0.438 e. The molecule has 94 valence electrons. The van der Waals surface area contributed by atoms with Crippen LogP contribution >= 0.6 is 38.5 Å². The summed E-state index contributed by atoms with van der Waals surface area (Å²) < 4.78 is 7.75. The van der Waals surface area contributed by atoms with Crippen molar-refractivity contribution in [1.29, 1.82) is 0 Å². The highest BCUT2D eigenvalue weighted by Crippen LogP contribution is 2.28. The molecule has 1 heterocycles. The Labute approximate surface area is 128 Å². The van der Waals surface area contributed by atoms with Gasteiger partial charge in [-0.1, -0.05) is 6.07 Å². The van der Waals surface area contributed by atoms with Gasteiger partial charge in [0.25, 0.3) is 0 Å². The van der Waals surface area contributed by atoms with Gasteiger partial charge >= 0.3 is 0 Å². The standard InChI is InChI=1S/C13H12BrIN2O/c1-17(2)13-12(14)7-11(18-13)8-16-10-5-3-4-9(15)6-10/h3-8H,1-2H3. The maximum atomic E-state index is 5.66. The number of furan rings is 1. The average Bonchev–Trinajstić information content (AvgIpc) is 2.68. The van der Waals surface area contributed by atoms with E-state index in [2.05, 4.69) is 43.5 Å². The Morgan fingerprint density at radius 3 is 2.72 bits per heavy atom. The van der Waals surface area contributed by atoms with Crippen molar-refractivity contribution in [1.82, 2.24) is 0 Å². The lowest BCUT2D eigenvalue weighted by molar-refractivity contribution is 0.557. The summed E-state index contributed by atoms with van der Waals surface area (Å²) in [6.07, 6.45) is 1.73. The van der Waals surface area contributed by atoms with Gasteiger partial charge in [-0.25, -0.2) is 0 Å². The van der Waals surface area contributed by atoms with Crippen molar-refractivity contribution in [3.8, 4) is 0 Å². The van der Waals surface area contributed by atoms with Crippen molar-refractivity contribution >= 4 is 56.3 Å². The van der Waals surface area contributed by atoms with Gasteiger partial charge in [0.2, 0.25) is 5.88 Å². The molecule has 0 saturated carbocycles. The van der Waals surface area contributed by atoms with Gasteiger partial charge in [0.05, 0.1) is 16.4 Å². The zero-order valence-electron chi connectivity index (χ0n) is 10.0. The molecule has 0 atom stereocenters. The Morgan fingerprint density at radius 1 is 1.33 bits per heavy atom. The third kappa shape index (κ3) is 3.35. The Hall–Kier alpha value is -0.820. The van der Waals surface area contributed by atoms with E-state index in [1.54, 1.807) is 6.21 Å². The Morgan fingerprint density at radius 2 is 2.11 bits per heavy atom. The van der Waals surface area contributed by atoms with Gasteiger partial charge in [0.15, 0.2) is 0 Å². The van der Waals surface area contributed by atoms with Gasteiger partial charge in [-0.2, -0.15) is 0 Å². The average molecular weight is 419 g/mol. The molecule has 2 aromatic rings. The second-order valence-corrected chi connectivity index (χ2v) is 6.03. The van der Waals surface area contributed by atoms with Gasteiger partial charge in [-0.15, -0.1) is 0 Å². The number of hydrogen-bond donors (Lipinski definition) is 0. The summed E-state index contributed by atoms with van der Waals surface area (Å²) in [5, 5.41) is 0. The molecule has 1 aromatic heterocycles. The molecule has 0 spiro atoms. The summed E-state index contributed by atoms with van der Waals surface area (Å²) >= 11 is 5.72. The summed E-state index contributed by atoms with van der Waals surface area (Å²) in [6, 6.07) is 9.91. The summed E-state index contributed by atoms with van der Waals surface area (Å²) in [4.78, 5) is 6.30. The molecule has 0 aliphatic rings. The van der Waals surface area contributed by atoms with Crippen molar-refractivity contribution in [2.24, 2.45) is 4.99 Å². The van der Waals surface area contributed by atoms with Crippen LogP contribution in [0.25, 0.3) is 0 Å². The number of halogens is 2. The van der Waals surface area contributed by atoms with Crippen molar-refractivity contribution in [3.05, 3.63) is 44.1 Å². The van der Waals surface area contributed by atoms with Crippen molar-refractivity contribution in [2.75, 3.05) is 19.0 Å². The highest BCUT2D eigenvalue weighted by molar-refractivity contribution is 14.1. The summed E-state index contributed by atoms with van der Waals surface area (Å²) in [5.41, 5.74) is 0.917. The molecule has 0 fully saturated rings. The van der Waals surface area contributed by atoms with Crippen LogP contribution in [0.5, 0.6) is 0 Å². The zero-order valence-corrected chi connectivity index (χ0v) is 13.8. The Bertz CT molecular complexity index is 578. The number of hydrogen-bond acceptors (Lipinski definition) is 3. The predicted molar refractivity (Wildman–Crippen MR) is 87.1 cm³/mol. The lowest BCUT2D eigenvalue weighted by Gasteiger charge is -2.07. The fourth-order valence-electron chi connectivity index (χ4n) is 1.44. The highest BCUT2D eigenvalue weighted by atomic mass is 127. The van der Waals surface area contributed by atoms with Crippen LogP contribution in [0.4, 0.5) is 11.6 Å². The van der Waals surface area contributed by atoms with E-state index >= 15 is 0 Å². The molecule has 0 N–H and O–H groups in total. The van der Waals surface area contributed by atoms with E-state index in [1.807, 2.05) is 49.3 Å². The van der Waals surface area contributed by atoms with E-state index in [-0.39, 0.29) is 0 Å². The van der Waals surface area contributed by atoms with Gasteiger partial charge in [0, 0.05) is 23.7 Å². The van der Waals surface area contributed by atoms with E-state index < -0.39 is 0 Å². The van der Waals surface area contributed by atoms with E-state index in [0.717, 1.165) is 25.4 Å². The van der Waals surface area contributed by atoms with Gasteiger partial charge in [-0.3, -0.25) is 4.99 Å². The monoisotopic (exact) mass is 418 g/mol. The third-order valence-electron chi connectivity index (χ3n) is 2.24. The van der Waals surface area contributed by atoms with Crippen molar-refractivity contribution < 1.29 is 4.42 Å². The number of nitrogens with zero attached hydrogens (tertiary/aromatic N) is 2. The topological polar surface area (TPSA) is 28.7 Å². The third-order valence-corrected chi connectivity index (χ3v) is 3.48. The molecule has 2 rings (SSSR count). The van der Waals surface area contributed by atoms with E-state index in [1.165, 1.54) is 0 Å². The lowest BCUT2D eigenvalue weighted by Crippen LogP contribution is -2.07. The van der Waals surface area contributed by atoms with Crippen molar-refractivity contribution in [2.45, 2.75) is 0 Å². The minimum absolute atomic E-state index is 0.726. The summed E-state index contributed by atoms with van der Waals surface area (Å²) in [5.74, 6) is 1.52. The summed E-state index contributed by atoms with van der Waals surface area (Å²) in [6.45, 7) is 0. The van der Waals surface area contributed by atoms with E-state index in [9.17, 15) is 0 Å². The van der Waals surface area contributed by atoms with Crippen LogP contribution in [-0.2, 0) is 0 Å². The zero-order chi connectivity index (χ0) is 13.1. The molecule has 0 unspecified atom stereocenters. The molecule has 0 bridgehead atoms. The molecule has 5 heteroatoms. The molecule has 0 aliphatic carbocycles. The normalized spacial score (nSPS) is 11.1. The van der Waals surface area contributed by atoms with Crippen LogP contribution in [0, 0.1) is 3.57 Å². The maximum Gasteiger partial charge on any atom is 0.210 e. The number of anilines is 1. The maximum absolute atomic E-state index is 5.66. The SMILES string of the molecule is CN(C)c1oc(C=Nc2cccc(I)c2)cc1Br. The first-order valence-electron chi connectivity index (χ1n) is 5.32. The Balaban J connectivity index is 2.21. The lowest BCUT2D eigenvalue weighted by atomic mass is 10.3. The minimum atomic E-state index is 0.726. The molecule has 0 aliphatic heterocycles. The van der Waals surface area contributed by atoms with Gasteiger partial charge < -0.3 is 9.32 Å². The molecular formula is C13H12BrIN2O. The molecule has 18 heavy (non-hydrogen) atoms. The van der Waals surface area contributed by atoms with Crippen molar-refractivity contribution in [3.63, 3.8) is 0 Å². The van der Waals surface area contributed by atoms with Crippen LogP contribution in [-0.4, -0.2) is 20.3 Å². The second-order valence-electron chi connectivity index (χ2n) is 3.93. The second kappa shape index (κ2) is 5.88. The van der Waals surface area contributed by atoms with Crippen LogP contribution in [0.1, 0.15) is 5.76 Å². The molecule has 0 radical (unpaired) electrons. The quantitative estimate of drug-likeness (QED) is 0.543. The predicted octanol–water partition coefficient (Wildman–Crippen LogP) is 4.46. The number of benzene rings is 1. The van der Waals surface area contributed by atoms with Crippen LogP contribution in [0.2, 0.25) is 0 Å². The molecule has 0 saturated heterocycles. The molecule has 1 aromatic carbocycles. The number of aliphatic imine (C=N–C) groups is 1. The largest absolute Gasteiger partial charge is 0.438 e. The van der Waals surface area contributed by atoms with Gasteiger partial charge in [0.1, 0.15) is 5.76 Å². The smallest absolute Gasteiger partial charge is 0.210 e. The molecular weight excluding hydrogens is 407 g/mol. The molecule has 3 nitrogen and oxygen atoms in total. The molecule has 0 amide bonds. The van der Waals surface area contributed by atoms with Crippen LogP contribution in [0.15, 0.2) is 44.2 Å². The van der Waals surface area contributed by atoms with E-state index in [4.69, 9.17) is 4.42 Å². The van der Waals surface area contributed by atoms with Crippen LogP contribution < -0.4 is 4.90 Å². The first kappa shape index (κ1) is 13.6. The van der Waals surface area contributed by atoms with E-state index in [0.29, 0.717) is 0 Å².